The second-order valence-electron chi connectivity index (χ2n) is 5.16. The molecule has 0 aliphatic rings. The summed E-state index contributed by atoms with van der Waals surface area (Å²) in [4.78, 5) is 11.3. The van der Waals surface area contributed by atoms with Gasteiger partial charge in [0.25, 0.3) is 0 Å². The molecule has 3 nitrogen and oxygen atoms in total. The average molecular weight is 350 g/mol. The lowest BCUT2D eigenvalue weighted by atomic mass is 9.85. The minimum atomic E-state index is -0.990. The van der Waals surface area contributed by atoms with E-state index < -0.39 is 12.0 Å². The van der Waals surface area contributed by atoms with Gasteiger partial charge in [-0.2, -0.15) is 0 Å². The van der Waals surface area contributed by atoms with Crippen molar-refractivity contribution >= 4 is 23.0 Å². The number of benzene rings is 2. The summed E-state index contributed by atoms with van der Waals surface area (Å²) in [7, 11) is 0. The van der Waals surface area contributed by atoms with Crippen LogP contribution in [0.2, 0.25) is 0 Å². The van der Waals surface area contributed by atoms with Crippen LogP contribution in [-0.2, 0) is 4.79 Å². The lowest BCUT2D eigenvalue weighted by molar-refractivity contribution is -0.138. The fourth-order valence-electron chi connectivity index (χ4n) is 2.30. The number of hydrogen-bond acceptors (Lipinski definition) is 2. The van der Waals surface area contributed by atoms with E-state index in [1.807, 2.05) is 62.4 Å². The standard InChI is InChI=1S/C17H19NO2.BrH/c1-11-3-7-13(8-4-11)15(16(18)17(19)20)14-9-5-12(2)6-10-14;/h3-10,15-16H,18H2,1-2H3,(H,19,20);1H/t16-;/m0./s1. The topological polar surface area (TPSA) is 63.3 Å². The maximum Gasteiger partial charge on any atom is 0.321 e. The Bertz CT molecular complexity index is 548. The van der Waals surface area contributed by atoms with E-state index in [-0.39, 0.29) is 22.9 Å². The van der Waals surface area contributed by atoms with E-state index in [2.05, 4.69) is 0 Å². The Morgan fingerprint density at radius 2 is 1.24 bits per heavy atom. The SMILES string of the molecule is Br.Cc1ccc(C(c2ccc(C)cc2)[C@H](N)C(=O)O)cc1. The van der Waals surface area contributed by atoms with Gasteiger partial charge in [0.05, 0.1) is 0 Å². The van der Waals surface area contributed by atoms with Crippen LogP contribution in [0.3, 0.4) is 0 Å². The van der Waals surface area contributed by atoms with E-state index in [0.717, 1.165) is 22.3 Å². The Balaban J connectivity index is 0.00000220. The quantitative estimate of drug-likeness (QED) is 0.888. The van der Waals surface area contributed by atoms with E-state index in [0.29, 0.717) is 0 Å². The molecular formula is C17H20BrNO2. The van der Waals surface area contributed by atoms with Gasteiger partial charge in [0.15, 0.2) is 0 Å². The van der Waals surface area contributed by atoms with Crippen molar-refractivity contribution in [3.63, 3.8) is 0 Å². The van der Waals surface area contributed by atoms with E-state index in [9.17, 15) is 9.90 Å². The number of halogens is 1. The highest BCUT2D eigenvalue weighted by Gasteiger charge is 2.27. The van der Waals surface area contributed by atoms with Crippen LogP contribution in [0.5, 0.6) is 0 Å². The van der Waals surface area contributed by atoms with Crippen LogP contribution in [0.25, 0.3) is 0 Å². The molecule has 4 heteroatoms. The van der Waals surface area contributed by atoms with Crippen molar-refractivity contribution < 1.29 is 9.90 Å². The highest BCUT2D eigenvalue weighted by Crippen LogP contribution is 2.28. The molecule has 0 radical (unpaired) electrons. The molecule has 0 aliphatic carbocycles. The minimum Gasteiger partial charge on any atom is -0.480 e. The van der Waals surface area contributed by atoms with Crippen LogP contribution in [0.15, 0.2) is 48.5 Å². The Labute approximate surface area is 135 Å². The van der Waals surface area contributed by atoms with Crippen LogP contribution in [-0.4, -0.2) is 17.1 Å². The van der Waals surface area contributed by atoms with Crippen LogP contribution >= 0.6 is 17.0 Å². The van der Waals surface area contributed by atoms with E-state index in [1.165, 1.54) is 0 Å². The summed E-state index contributed by atoms with van der Waals surface area (Å²) in [6, 6.07) is 14.7. The molecule has 2 aromatic carbocycles. The molecule has 3 N–H and O–H groups in total. The highest BCUT2D eigenvalue weighted by atomic mass is 79.9. The smallest absolute Gasteiger partial charge is 0.321 e. The first-order valence-corrected chi connectivity index (χ1v) is 6.60. The highest BCUT2D eigenvalue weighted by molar-refractivity contribution is 8.93. The number of carboxylic acids is 1. The number of aliphatic carboxylic acids is 1. The molecule has 0 amide bonds. The fraction of sp³-hybridized carbons (Fsp3) is 0.235. The molecule has 2 rings (SSSR count). The van der Waals surface area contributed by atoms with Crippen molar-refractivity contribution in [1.82, 2.24) is 0 Å². The Kier molecular flexibility index (Phi) is 6.12. The summed E-state index contributed by atoms with van der Waals surface area (Å²) in [6.07, 6.45) is 0. The van der Waals surface area contributed by atoms with Gasteiger partial charge in [-0.1, -0.05) is 59.7 Å². The van der Waals surface area contributed by atoms with E-state index in [4.69, 9.17) is 5.73 Å². The third-order valence-electron chi connectivity index (χ3n) is 3.52. The molecular weight excluding hydrogens is 330 g/mol. The Morgan fingerprint density at radius 3 is 1.52 bits per heavy atom. The van der Waals surface area contributed by atoms with Gasteiger partial charge in [-0.3, -0.25) is 4.79 Å². The number of rotatable bonds is 4. The van der Waals surface area contributed by atoms with Crippen LogP contribution in [0.4, 0.5) is 0 Å². The predicted octanol–water partition coefficient (Wildman–Crippen LogP) is 3.43. The third kappa shape index (κ3) is 4.16. The van der Waals surface area contributed by atoms with Gasteiger partial charge in [-0.15, -0.1) is 17.0 Å². The summed E-state index contributed by atoms with van der Waals surface area (Å²) < 4.78 is 0. The van der Waals surface area contributed by atoms with E-state index in [1.54, 1.807) is 0 Å². The van der Waals surface area contributed by atoms with Crippen LogP contribution in [0, 0.1) is 13.8 Å². The van der Waals surface area contributed by atoms with Crippen molar-refractivity contribution in [3.05, 3.63) is 70.8 Å². The molecule has 0 fully saturated rings. The number of carbonyl (C=O) groups is 1. The summed E-state index contributed by atoms with van der Waals surface area (Å²) in [5.41, 5.74) is 10.0. The average Bonchev–Trinajstić information content (AvgIpc) is 2.43. The van der Waals surface area contributed by atoms with Crippen LogP contribution < -0.4 is 5.73 Å². The third-order valence-corrected chi connectivity index (χ3v) is 3.52. The van der Waals surface area contributed by atoms with Gasteiger partial charge >= 0.3 is 5.97 Å². The molecule has 0 aromatic heterocycles. The summed E-state index contributed by atoms with van der Waals surface area (Å²) in [5.74, 6) is -1.33. The second kappa shape index (κ2) is 7.38. The lowest BCUT2D eigenvalue weighted by Gasteiger charge is -2.22. The Hall–Kier alpha value is -1.65. The monoisotopic (exact) mass is 349 g/mol. The summed E-state index contributed by atoms with van der Waals surface area (Å²) in [6.45, 7) is 4.00. The molecule has 0 aliphatic heterocycles. The molecule has 2 aromatic rings. The molecule has 1 atom stereocenters. The van der Waals surface area contributed by atoms with Crippen molar-refractivity contribution in [2.75, 3.05) is 0 Å². The first-order chi connectivity index (χ1) is 9.49. The normalized spacial score (nSPS) is 11.8. The molecule has 0 heterocycles. The van der Waals surface area contributed by atoms with Gasteiger partial charge in [-0.25, -0.2) is 0 Å². The molecule has 112 valence electrons. The van der Waals surface area contributed by atoms with Gasteiger partial charge in [-0.05, 0) is 25.0 Å². The Morgan fingerprint density at radius 1 is 0.905 bits per heavy atom. The zero-order valence-corrected chi connectivity index (χ0v) is 13.8. The maximum absolute atomic E-state index is 11.3. The van der Waals surface area contributed by atoms with Gasteiger partial charge in [0, 0.05) is 5.92 Å². The zero-order chi connectivity index (χ0) is 14.7. The second-order valence-corrected chi connectivity index (χ2v) is 5.16. The zero-order valence-electron chi connectivity index (χ0n) is 12.1. The largest absolute Gasteiger partial charge is 0.480 e. The molecule has 0 saturated carbocycles. The predicted molar refractivity (Wildman–Crippen MR) is 90.1 cm³/mol. The lowest BCUT2D eigenvalue weighted by Crippen LogP contribution is -2.37. The van der Waals surface area contributed by atoms with Crippen molar-refractivity contribution in [2.24, 2.45) is 5.73 Å². The first kappa shape index (κ1) is 17.4. The molecule has 21 heavy (non-hydrogen) atoms. The number of hydrogen-bond donors (Lipinski definition) is 2. The molecule has 0 bridgehead atoms. The van der Waals surface area contributed by atoms with Crippen molar-refractivity contribution in [1.29, 1.82) is 0 Å². The first-order valence-electron chi connectivity index (χ1n) is 6.60. The summed E-state index contributed by atoms with van der Waals surface area (Å²) >= 11 is 0. The molecule has 0 saturated heterocycles. The van der Waals surface area contributed by atoms with E-state index >= 15 is 0 Å². The van der Waals surface area contributed by atoms with Crippen molar-refractivity contribution in [3.8, 4) is 0 Å². The molecule has 0 unspecified atom stereocenters. The van der Waals surface area contributed by atoms with Crippen molar-refractivity contribution in [2.45, 2.75) is 25.8 Å². The fourth-order valence-corrected chi connectivity index (χ4v) is 2.30. The summed E-state index contributed by atoms with van der Waals surface area (Å²) in [5, 5.41) is 9.26. The van der Waals surface area contributed by atoms with Crippen LogP contribution in [0.1, 0.15) is 28.2 Å². The molecule has 0 spiro atoms. The number of nitrogens with two attached hydrogens (primary N) is 1. The van der Waals surface area contributed by atoms with Gasteiger partial charge < -0.3 is 10.8 Å². The number of aryl methyl sites for hydroxylation is 2. The van der Waals surface area contributed by atoms with Gasteiger partial charge in [0.2, 0.25) is 0 Å². The minimum absolute atomic E-state index is 0. The van der Waals surface area contributed by atoms with Gasteiger partial charge in [0.1, 0.15) is 6.04 Å². The maximum atomic E-state index is 11.3. The number of carboxylic acid groups (broad SMARTS) is 1.